The van der Waals surface area contributed by atoms with Crippen LogP contribution in [0.1, 0.15) is 13.3 Å². The van der Waals surface area contributed by atoms with Gasteiger partial charge in [0.2, 0.25) is 5.56 Å². The molecule has 3 rings (SSSR count). The molecule has 2 heterocycles. The van der Waals surface area contributed by atoms with Crippen molar-refractivity contribution in [2.24, 2.45) is 0 Å². The number of H-pyrrole nitrogens is 1. The molecule has 3 aromatic rings. The third-order valence-electron chi connectivity index (χ3n) is 3.13. The largest absolute Gasteiger partial charge is 0.382 e. The minimum atomic E-state index is -0.451. The number of amides is 1. The maximum atomic E-state index is 12.3. The van der Waals surface area contributed by atoms with Gasteiger partial charge in [-0.15, -0.1) is 0 Å². The van der Waals surface area contributed by atoms with Crippen LogP contribution in [0.3, 0.4) is 0 Å². The van der Waals surface area contributed by atoms with Gasteiger partial charge in [0.05, 0.1) is 11.9 Å². The van der Waals surface area contributed by atoms with Crippen molar-refractivity contribution >= 4 is 17.4 Å². The number of nitrogens with one attached hydrogen (secondary N) is 2. The highest BCUT2D eigenvalue weighted by molar-refractivity contribution is 6.05. The minimum Gasteiger partial charge on any atom is -0.382 e. The summed E-state index contributed by atoms with van der Waals surface area (Å²) in [6, 6.07) is 11.9. The van der Waals surface area contributed by atoms with E-state index < -0.39 is 5.91 Å². The van der Waals surface area contributed by atoms with Gasteiger partial charge in [0, 0.05) is 26.4 Å². The summed E-state index contributed by atoms with van der Waals surface area (Å²) in [5.41, 5.74) is 7.26. The lowest BCUT2D eigenvalue weighted by Crippen LogP contribution is -2.17. The van der Waals surface area contributed by atoms with E-state index in [1.54, 1.807) is 30.3 Å². The summed E-state index contributed by atoms with van der Waals surface area (Å²) in [5.74, 6) is -0.418. The van der Waals surface area contributed by atoms with Crippen LogP contribution >= 0.6 is 0 Å². The maximum Gasteiger partial charge on any atom is 0.278 e. The zero-order valence-electron chi connectivity index (χ0n) is 12.0. The highest BCUT2D eigenvalue weighted by atomic mass is 16.2. The zero-order chi connectivity index (χ0) is 16.2. The quantitative estimate of drug-likeness (QED) is 0.686. The van der Waals surface area contributed by atoms with Crippen LogP contribution in [-0.2, 0) is 0 Å². The minimum absolute atomic E-state index is 0. The van der Waals surface area contributed by atoms with Crippen LogP contribution in [0.5, 0.6) is 0 Å². The van der Waals surface area contributed by atoms with E-state index in [2.05, 4.69) is 20.3 Å². The lowest BCUT2D eigenvalue weighted by molar-refractivity contribution is 0.102. The molecule has 0 bridgehead atoms. The average Bonchev–Trinajstić information content (AvgIpc) is 2.57. The lowest BCUT2D eigenvalue weighted by atomic mass is 10.2. The molecule has 0 radical (unpaired) electrons. The molecule has 0 unspecified atom stereocenters. The van der Waals surface area contributed by atoms with Gasteiger partial charge in [0.1, 0.15) is 0 Å². The maximum absolute atomic E-state index is 12.3. The van der Waals surface area contributed by atoms with Crippen molar-refractivity contribution in [2.45, 2.75) is 0 Å². The Bertz CT molecular complexity index is 895. The van der Waals surface area contributed by atoms with E-state index in [1.165, 1.54) is 18.5 Å². The van der Waals surface area contributed by atoms with E-state index in [-0.39, 0.29) is 19.9 Å². The second-order valence-corrected chi connectivity index (χ2v) is 4.75. The first-order valence-corrected chi connectivity index (χ1v) is 6.81. The van der Waals surface area contributed by atoms with Crippen LogP contribution in [0.4, 0.5) is 11.5 Å². The standard InChI is InChI=1S/C16H13N5O2.2H2/c17-15-14(16(23)20-11-4-2-1-3-5-11)21-12(9-19-15)10-6-7-13(22)18-8-10;;/h1-9H,(H2,17,19)(H,18,22)(H,20,23);2*1H. The molecule has 2 aromatic heterocycles. The number of aromatic amines is 1. The van der Waals surface area contributed by atoms with E-state index in [4.69, 9.17) is 5.73 Å². The van der Waals surface area contributed by atoms with Gasteiger partial charge in [-0.1, -0.05) is 18.2 Å². The van der Waals surface area contributed by atoms with Crippen molar-refractivity contribution in [3.63, 3.8) is 0 Å². The molecule has 0 fully saturated rings. The summed E-state index contributed by atoms with van der Waals surface area (Å²) in [4.78, 5) is 34.2. The van der Waals surface area contributed by atoms with Crippen LogP contribution in [0.25, 0.3) is 11.3 Å². The predicted molar refractivity (Wildman–Crippen MR) is 91.1 cm³/mol. The Labute approximate surface area is 134 Å². The van der Waals surface area contributed by atoms with Crippen LogP contribution in [-0.4, -0.2) is 20.9 Å². The molecular formula is C16H17N5O2. The van der Waals surface area contributed by atoms with Crippen molar-refractivity contribution in [1.82, 2.24) is 15.0 Å². The molecule has 4 N–H and O–H groups in total. The number of para-hydroxylation sites is 1. The molecule has 0 atom stereocenters. The first kappa shape index (κ1) is 14.5. The summed E-state index contributed by atoms with van der Waals surface area (Å²) < 4.78 is 0. The Balaban J connectivity index is 0.00000156. The summed E-state index contributed by atoms with van der Waals surface area (Å²) in [6.45, 7) is 0. The van der Waals surface area contributed by atoms with Crippen molar-refractivity contribution in [3.05, 3.63) is 70.9 Å². The first-order valence-electron chi connectivity index (χ1n) is 6.81. The summed E-state index contributed by atoms with van der Waals surface area (Å²) in [6.07, 6.45) is 2.95. The molecule has 0 saturated heterocycles. The molecule has 1 aromatic carbocycles. The summed E-state index contributed by atoms with van der Waals surface area (Å²) >= 11 is 0. The summed E-state index contributed by atoms with van der Waals surface area (Å²) in [7, 11) is 0. The van der Waals surface area contributed by atoms with E-state index in [1.807, 2.05) is 6.07 Å². The van der Waals surface area contributed by atoms with Crippen molar-refractivity contribution < 1.29 is 7.65 Å². The van der Waals surface area contributed by atoms with Gasteiger partial charge < -0.3 is 16.0 Å². The Hall–Kier alpha value is -3.48. The highest BCUT2D eigenvalue weighted by Crippen LogP contribution is 2.17. The van der Waals surface area contributed by atoms with Gasteiger partial charge in [-0.25, -0.2) is 9.97 Å². The topological polar surface area (TPSA) is 114 Å². The number of nitrogen functional groups attached to an aromatic ring is 1. The SMILES string of the molecule is Nc1ncc(-c2ccc(=O)[nH]c2)nc1C(=O)Nc1ccccc1.[HH].[HH]. The number of nitrogens with zero attached hydrogens (tertiary/aromatic N) is 2. The summed E-state index contributed by atoms with van der Waals surface area (Å²) in [5, 5.41) is 2.71. The zero-order valence-corrected chi connectivity index (χ0v) is 12.0. The number of hydrogen-bond donors (Lipinski definition) is 3. The molecule has 0 aliphatic carbocycles. The molecule has 7 nitrogen and oxygen atoms in total. The molecule has 23 heavy (non-hydrogen) atoms. The van der Waals surface area contributed by atoms with Crippen molar-refractivity contribution in [3.8, 4) is 11.3 Å². The normalized spacial score (nSPS) is 10.3. The highest BCUT2D eigenvalue weighted by Gasteiger charge is 2.15. The number of rotatable bonds is 3. The molecule has 7 heteroatoms. The van der Waals surface area contributed by atoms with Gasteiger partial charge in [-0.05, 0) is 18.2 Å². The van der Waals surface area contributed by atoms with Gasteiger partial charge in [-0.2, -0.15) is 0 Å². The first-order chi connectivity index (χ1) is 11.1. The second-order valence-electron chi connectivity index (χ2n) is 4.75. The van der Waals surface area contributed by atoms with Gasteiger partial charge in [0.15, 0.2) is 11.5 Å². The fourth-order valence-electron chi connectivity index (χ4n) is 1.99. The van der Waals surface area contributed by atoms with Gasteiger partial charge >= 0.3 is 0 Å². The number of hydrogen-bond acceptors (Lipinski definition) is 5. The third-order valence-corrected chi connectivity index (χ3v) is 3.13. The molecule has 1 amide bonds. The van der Waals surface area contributed by atoms with Crippen LogP contribution in [0.2, 0.25) is 0 Å². The molecule has 0 aliphatic heterocycles. The van der Waals surface area contributed by atoms with Gasteiger partial charge in [-0.3, -0.25) is 9.59 Å². The number of aromatic nitrogens is 3. The fourth-order valence-corrected chi connectivity index (χ4v) is 1.99. The lowest BCUT2D eigenvalue weighted by Gasteiger charge is -2.08. The Morgan fingerprint density at radius 2 is 1.96 bits per heavy atom. The van der Waals surface area contributed by atoms with Crippen LogP contribution in [0.15, 0.2) is 59.7 Å². The second kappa shape index (κ2) is 6.10. The monoisotopic (exact) mass is 311 g/mol. The predicted octanol–water partition coefficient (Wildman–Crippen LogP) is 2.16. The number of pyridine rings is 1. The molecular weight excluding hydrogens is 294 g/mol. The Morgan fingerprint density at radius 1 is 1.17 bits per heavy atom. The average molecular weight is 311 g/mol. The number of carbonyl (C=O) groups excluding carboxylic acids is 1. The Kier molecular flexibility index (Phi) is 3.84. The van der Waals surface area contributed by atoms with Crippen LogP contribution < -0.4 is 16.6 Å². The molecule has 0 spiro atoms. The Morgan fingerprint density at radius 3 is 2.65 bits per heavy atom. The van der Waals surface area contributed by atoms with E-state index >= 15 is 0 Å². The number of benzene rings is 1. The van der Waals surface area contributed by atoms with E-state index in [0.29, 0.717) is 16.9 Å². The number of nitrogens with two attached hydrogens (primary N) is 1. The molecule has 0 saturated carbocycles. The fraction of sp³-hybridized carbons (Fsp3) is 0. The van der Waals surface area contributed by atoms with E-state index in [9.17, 15) is 9.59 Å². The molecule has 0 aliphatic rings. The van der Waals surface area contributed by atoms with Crippen molar-refractivity contribution in [1.29, 1.82) is 0 Å². The van der Waals surface area contributed by atoms with Crippen LogP contribution in [0, 0.1) is 0 Å². The number of anilines is 2. The third kappa shape index (κ3) is 3.24. The smallest absolute Gasteiger partial charge is 0.278 e. The van der Waals surface area contributed by atoms with Crippen molar-refractivity contribution in [2.75, 3.05) is 11.1 Å². The molecule has 118 valence electrons. The number of carbonyl (C=O) groups is 1. The van der Waals surface area contributed by atoms with Gasteiger partial charge in [0.25, 0.3) is 5.91 Å². The van der Waals surface area contributed by atoms with E-state index in [0.717, 1.165) is 0 Å².